The van der Waals surface area contributed by atoms with Crippen LogP contribution in [0.1, 0.15) is 21.7 Å². The fraction of sp³-hybridized carbons (Fsp3) is 0.120. The van der Waals surface area contributed by atoms with Crippen molar-refractivity contribution in [1.29, 1.82) is 0 Å². The lowest BCUT2D eigenvalue weighted by molar-refractivity contribution is 0.0696. The molecule has 172 valence electrons. The number of amides is 1. The lowest BCUT2D eigenvalue weighted by Gasteiger charge is -2.09. The van der Waals surface area contributed by atoms with Crippen molar-refractivity contribution >= 4 is 29.4 Å². The number of aromatic carboxylic acids is 1. The maximum atomic E-state index is 12.4. The molecule has 0 saturated carbocycles. The van der Waals surface area contributed by atoms with Crippen molar-refractivity contribution in [2.75, 3.05) is 11.9 Å². The van der Waals surface area contributed by atoms with Crippen LogP contribution >= 0.6 is 11.6 Å². The number of carboxylic acid groups (broad SMARTS) is 1. The van der Waals surface area contributed by atoms with Crippen LogP contribution in [0.3, 0.4) is 0 Å². The normalized spacial score (nSPS) is 10.6. The summed E-state index contributed by atoms with van der Waals surface area (Å²) in [7, 11) is 0. The van der Waals surface area contributed by atoms with E-state index >= 15 is 0 Å². The molecule has 0 aliphatic heterocycles. The minimum atomic E-state index is -1.02. The summed E-state index contributed by atoms with van der Waals surface area (Å²) in [6.45, 7) is 1.85. The second-order valence-corrected chi connectivity index (χ2v) is 7.78. The number of benzene rings is 2. The number of carboxylic acids is 1. The first-order chi connectivity index (χ1) is 16.4. The Bertz CT molecular complexity index is 1330. The largest absolute Gasteiger partial charge is 0.478 e. The van der Waals surface area contributed by atoms with Gasteiger partial charge in [-0.2, -0.15) is 0 Å². The van der Waals surface area contributed by atoms with E-state index in [0.29, 0.717) is 39.8 Å². The predicted molar refractivity (Wildman–Crippen MR) is 127 cm³/mol. The number of rotatable bonds is 7. The van der Waals surface area contributed by atoms with Gasteiger partial charge in [0.05, 0.1) is 17.9 Å². The molecule has 0 fully saturated rings. The summed E-state index contributed by atoms with van der Waals surface area (Å²) < 4.78 is 10.6. The number of ether oxygens (including phenoxy) is 1. The minimum absolute atomic E-state index is 0.153. The predicted octanol–water partition coefficient (Wildman–Crippen LogP) is 5.85. The molecule has 2 heterocycles. The zero-order valence-corrected chi connectivity index (χ0v) is 18.9. The summed E-state index contributed by atoms with van der Waals surface area (Å²) in [5.74, 6) is -0.592. The van der Waals surface area contributed by atoms with Crippen molar-refractivity contribution in [3.8, 4) is 22.5 Å². The molecule has 1 amide bonds. The van der Waals surface area contributed by atoms with Crippen LogP contribution in [0.4, 0.5) is 10.5 Å². The number of carbonyl (C=O) groups is 2. The van der Waals surface area contributed by atoms with Crippen molar-refractivity contribution in [1.82, 2.24) is 10.1 Å². The van der Waals surface area contributed by atoms with Crippen molar-refractivity contribution in [2.24, 2.45) is 0 Å². The quantitative estimate of drug-likeness (QED) is 0.343. The van der Waals surface area contributed by atoms with Gasteiger partial charge in [-0.1, -0.05) is 59.2 Å². The molecular formula is C25H20ClN3O5. The van der Waals surface area contributed by atoms with Crippen LogP contribution in [-0.4, -0.2) is 33.9 Å². The molecule has 9 heteroatoms. The Morgan fingerprint density at radius 3 is 2.56 bits per heavy atom. The van der Waals surface area contributed by atoms with Crippen molar-refractivity contribution < 1.29 is 24.0 Å². The minimum Gasteiger partial charge on any atom is -0.478 e. The molecule has 0 atom stereocenters. The SMILES string of the molecule is Cc1onc(-c2ccc(-c3cc(C(=O)O)ccn3)cc2)c1NC(=O)OCCc1ccccc1Cl. The van der Waals surface area contributed by atoms with Gasteiger partial charge >= 0.3 is 12.1 Å². The third-order valence-electron chi connectivity index (χ3n) is 5.11. The Morgan fingerprint density at radius 1 is 1.09 bits per heavy atom. The lowest BCUT2D eigenvalue weighted by Crippen LogP contribution is -2.16. The zero-order valence-electron chi connectivity index (χ0n) is 18.1. The van der Waals surface area contributed by atoms with E-state index in [4.69, 9.17) is 20.9 Å². The standard InChI is InChI=1S/C25H20ClN3O5/c1-15-22(28-25(32)33-13-11-16-4-2-3-5-20(16)26)23(29-34-15)18-8-6-17(7-9-18)21-14-19(24(30)31)10-12-27-21/h2-10,12,14H,11,13H2,1H3,(H,28,32)(H,30,31). The number of halogens is 1. The molecule has 0 radical (unpaired) electrons. The first kappa shape index (κ1) is 23.0. The molecule has 2 aromatic heterocycles. The summed E-state index contributed by atoms with van der Waals surface area (Å²) in [6.07, 6.45) is 1.31. The number of hydrogen-bond donors (Lipinski definition) is 2. The summed E-state index contributed by atoms with van der Waals surface area (Å²) in [4.78, 5) is 27.8. The fourth-order valence-electron chi connectivity index (χ4n) is 3.33. The lowest BCUT2D eigenvalue weighted by atomic mass is 10.0. The van der Waals surface area contributed by atoms with Gasteiger partial charge in [0.15, 0.2) is 5.76 Å². The second-order valence-electron chi connectivity index (χ2n) is 7.38. The Morgan fingerprint density at radius 2 is 1.82 bits per heavy atom. The Kier molecular flexibility index (Phi) is 6.89. The van der Waals surface area contributed by atoms with Gasteiger partial charge in [-0.3, -0.25) is 10.3 Å². The smallest absolute Gasteiger partial charge is 0.411 e. The Balaban J connectivity index is 1.45. The van der Waals surface area contributed by atoms with Gasteiger partial charge in [-0.25, -0.2) is 9.59 Å². The Hall–Kier alpha value is -4.17. The van der Waals surface area contributed by atoms with Crippen LogP contribution in [0.5, 0.6) is 0 Å². The van der Waals surface area contributed by atoms with Gasteiger partial charge in [0, 0.05) is 28.8 Å². The van der Waals surface area contributed by atoms with Gasteiger partial charge < -0.3 is 14.4 Å². The first-order valence-corrected chi connectivity index (χ1v) is 10.7. The number of nitrogens with zero attached hydrogens (tertiary/aromatic N) is 2. The van der Waals surface area contributed by atoms with E-state index in [-0.39, 0.29) is 12.2 Å². The molecule has 2 aromatic carbocycles. The second kappa shape index (κ2) is 10.2. The molecule has 0 aliphatic carbocycles. The van der Waals surface area contributed by atoms with Crippen LogP contribution < -0.4 is 5.32 Å². The van der Waals surface area contributed by atoms with Gasteiger partial charge in [0.2, 0.25) is 0 Å². The molecule has 0 spiro atoms. The topological polar surface area (TPSA) is 115 Å². The third kappa shape index (κ3) is 5.24. The summed E-state index contributed by atoms with van der Waals surface area (Å²) in [6, 6.07) is 17.5. The van der Waals surface area contributed by atoms with Crippen LogP contribution in [0.2, 0.25) is 5.02 Å². The average molecular weight is 478 g/mol. The highest BCUT2D eigenvalue weighted by molar-refractivity contribution is 6.31. The fourth-order valence-corrected chi connectivity index (χ4v) is 3.56. The van der Waals surface area contributed by atoms with Crippen molar-refractivity contribution in [2.45, 2.75) is 13.3 Å². The number of nitrogens with one attached hydrogen (secondary N) is 1. The average Bonchev–Trinajstić information content (AvgIpc) is 3.20. The molecule has 4 rings (SSSR count). The van der Waals surface area contributed by atoms with E-state index in [1.165, 1.54) is 18.3 Å². The van der Waals surface area contributed by atoms with Crippen LogP contribution in [0.25, 0.3) is 22.5 Å². The van der Waals surface area contributed by atoms with Crippen LogP contribution in [0, 0.1) is 6.92 Å². The van der Waals surface area contributed by atoms with E-state index in [1.54, 1.807) is 37.3 Å². The zero-order chi connectivity index (χ0) is 24.1. The molecular weight excluding hydrogens is 458 g/mol. The highest BCUT2D eigenvalue weighted by Crippen LogP contribution is 2.31. The Labute approximate surface area is 200 Å². The number of anilines is 1. The molecule has 0 saturated heterocycles. The molecule has 0 unspecified atom stereocenters. The van der Waals surface area contributed by atoms with E-state index < -0.39 is 12.1 Å². The molecule has 34 heavy (non-hydrogen) atoms. The molecule has 0 aliphatic rings. The van der Waals surface area contributed by atoms with E-state index in [1.807, 2.05) is 18.2 Å². The molecule has 0 bridgehead atoms. The monoisotopic (exact) mass is 477 g/mol. The third-order valence-corrected chi connectivity index (χ3v) is 5.48. The maximum absolute atomic E-state index is 12.4. The molecule has 4 aromatic rings. The highest BCUT2D eigenvalue weighted by atomic mass is 35.5. The van der Waals surface area contributed by atoms with Gasteiger partial charge in [-0.15, -0.1) is 0 Å². The number of carbonyl (C=O) groups excluding carboxylic acids is 1. The number of hydrogen-bond acceptors (Lipinski definition) is 6. The highest BCUT2D eigenvalue weighted by Gasteiger charge is 2.18. The van der Waals surface area contributed by atoms with Crippen molar-refractivity contribution in [3.63, 3.8) is 0 Å². The van der Waals surface area contributed by atoms with Crippen molar-refractivity contribution in [3.05, 3.63) is 88.8 Å². The van der Waals surface area contributed by atoms with Crippen LogP contribution in [-0.2, 0) is 11.2 Å². The van der Waals surface area contributed by atoms with E-state index in [2.05, 4.69) is 15.5 Å². The number of pyridine rings is 1. The van der Waals surface area contributed by atoms with Gasteiger partial charge in [0.1, 0.15) is 11.4 Å². The van der Waals surface area contributed by atoms with Gasteiger partial charge in [0.25, 0.3) is 0 Å². The van der Waals surface area contributed by atoms with E-state index in [9.17, 15) is 14.7 Å². The van der Waals surface area contributed by atoms with E-state index in [0.717, 1.165) is 11.1 Å². The number of aryl methyl sites for hydroxylation is 1. The number of aromatic nitrogens is 2. The maximum Gasteiger partial charge on any atom is 0.411 e. The first-order valence-electron chi connectivity index (χ1n) is 10.4. The summed E-state index contributed by atoms with van der Waals surface area (Å²) in [5, 5.41) is 16.6. The summed E-state index contributed by atoms with van der Waals surface area (Å²) in [5.41, 5.74) is 3.86. The summed E-state index contributed by atoms with van der Waals surface area (Å²) >= 11 is 6.13. The van der Waals surface area contributed by atoms with Gasteiger partial charge in [-0.05, 0) is 30.7 Å². The molecule has 8 nitrogen and oxygen atoms in total. The van der Waals surface area contributed by atoms with Crippen LogP contribution in [0.15, 0.2) is 71.4 Å². The molecule has 2 N–H and O–H groups in total.